The van der Waals surface area contributed by atoms with Crippen molar-refractivity contribution in [3.05, 3.63) is 59.2 Å². The number of nitrogens with one attached hydrogen (secondary N) is 1. The average Bonchev–Trinajstić information content (AvgIpc) is 2.43. The summed E-state index contributed by atoms with van der Waals surface area (Å²) in [5.74, 6) is -1.63. The monoisotopic (exact) mass is 307 g/mol. The SMILES string of the molecule is Cc1ccc(Sc2ccc(F)c(F)c2)c(CNC(C)C)c1. The Morgan fingerprint density at radius 2 is 1.81 bits per heavy atom. The summed E-state index contributed by atoms with van der Waals surface area (Å²) in [4.78, 5) is 1.75. The number of benzene rings is 2. The first kappa shape index (κ1) is 16.0. The van der Waals surface area contributed by atoms with Crippen LogP contribution >= 0.6 is 11.8 Å². The molecule has 0 bridgehead atoms. The van der Waals surface area contributed by atoms with Crippen LogP contribution < -0.4 is 5.32 Å². The maximum atomic E-state index is 13.3. The minimum absolute atomic E-state index is 0.395. The van der Waals surface area contributed by atoms with Crippen molar-refractivity contribution in [3.63, 3.8) is 0 Å². The van der Waals surface area contributed by atoms with Crippen LogP contribution in [0.3, 0.4) is 0 Å². The molecule has 0 saturated carbocycles. The van der Waals surface area contributed by atoms with E-state index in [1.807, 2.05) is 19.1 Å². The lowest BCUT2D eigenvalue weighted by Gasteiger charge is -2.13. The highest BCUT2D eigenvalue weighted by molar-refractivity contribution is 7.99. The first-order valence-electron chi connectivity index (χ1n) is 6.91. The summed E-state index contributed by atoms with van der Waals surface area (Å²) in [5.41, 5.74) is 2.35. The van der Waals surface area contributed by atoms with Gasteiger partial charge in [-0.2, -0.15) is 0 Å². The molecule has 0 aliphatic heterocycles. The van der Waals surface area contributed by atoms with Gasteiger partial charge >= 0.3 is 0 Å². The normalized spacial score (nSPS) is 11.1. The molecule has 2 aromatic rings. The largest absolute Gasteiger partial charge is 0.310 e. The topological polar surface area (TPSA) is 12.0 Å². The van der Waals surface area contributed by atoms with Gasteiger partial charge in [0.2, 0.25) is 0 Å². The van der Waals surface area contributed by atoms with Gasteiger partial charge < -0.3 is 5.32 Å². The molecule has 21 heavy (non-hydrogen) atoms. The van der Waals surface area contributed by atoms with Crippen molar-refractivity contribution in [2.75, 3.05) is 0 Å². The van der Waals surface area contributed by atoms with Crippen molar-refractivity contribution in [2.45, 2.75) is 43.1 Å². The van der Waals surface area contributed by atoms with Crippen molar-refractivity contribution >= 4 is 11.8 Å². The van der Waals surface area contributed by atoms with Crippen LogP contribution in [0.4, 0.5) is 8.78 Å². The number of hydrogen-bond acceptors (Lipinski definition) is 2. The maximum Gasteiger partial charge on any atom is 0.159 e. The Morgan fingerprint density at radius 3 is 2.48 bits per heavy atom. The summed E-state index contributed by atoms with van der Waals surface area (Å²) in [6, 6.07) is 10.6. The molecule has 2 aromatic carbocycles. The molecule has 0 aliphatic carbocycles. The van der Waals surface area contributed by atoms with Gasteiger partial charge in [0.25, 0.3) is 0 Å². The number of aryl methyl sites for hydroxylation is 1. The van der Waals surface area contributed by atoms with Crippen LogP contribution in [0.15, 0.2) is 46.2 Å². The molecule has 1 nitrogen and oxygen atoms in total. The highest BCUT2D eigenvalue weighted by Crippen LogP contribution is 2.32. The molecule has 0 aliphatic rings. The number of halogens is 2. The molecule has 0 spiro atoms. The van der Waals surface area contributed by atoms with Gasteiger partial charge in [0.1, 0.15) is 0 Å². The Kier molecular flexibility index (Phi) is 5.37. The fraction of sp³-hybridized carbons (Fsp3) is 0.294. The molecule has 0 unspecified atom stereocenters. The van der Waals surface area contributed by atoms with E-state index < -0.39 is 11.6 Å². The van der Waals surface area contributed by atoms with Crippen molar-refractivity contribution in [3.8, 4) is 0 Å². The summed E-state index contributed by atoms with van der Waals surface area (Å²) < 4.78 is 26.3. The molecule has 0 amide bonds. The molecule has 0 radical (unpaired) electrons. The molecule has 1 N–H and O–H groups in total. The number of rotatable bonds is 5. The lowest BCUT2D eigenvalue weighted by molar-refractivity contribution is 0.506. The maximum absolute atomic E-state index is 13.3. The summed E-state index contributed by atoms with van der Waals surface area (Å²) in [6.45, 7) is 6.99. The third-order valence-corrected chi connectivity index (χ3v) is 4.14. The van der Waals surface area contributed by atoms with E-state index in [2.05, 4.69) is 25.2 Å². The minimum atomic E-state index is -0.815. The smallest absolute Gasteiger partial charge is 0.159 e. The first-order valence-corrected chi connectivity index (χ1v) is 7.73. The van der Waals surface area contributed by atoms with E-state index in [9.17, 15) is 8.78 Å². The van der Waals surface area contributed by atoms with E-state index in [1.165, 1.54) is 29.0 Å². The van der Waals surface area contributed by atoms with E-state index in [-0.39, 0.29) is 0 Å². The van der Waals surface area contributed by atoms with Crippen LogP contribution in [0.2, 0.25) is 0 Å². The second-order valence-corrected chi connectivity index (χ2v) is 6.44. The highest BCUT2D eigenvalue weighted by Gasteiger charge is 2.08. The summed E-state index contributed by atoms with van der Waals surface area (Å²) >= 11 is 1.45. The first-order chi connectivity index (χ1) is 9.95. The summed E-state index contributed by atoms with van der Waals surface area (Å²) in [5, 5.41) is 3.39. The third-order valence-electron chi connectivity index (χ3n) is 3.04. The Hall–Kier alpha value is -1.39. The van der Waals surface area contributed by atoms with Crippen molar-refractivity contribution in [1.29, 1.82) is 0 Å². The minimum Gasteiger partial charge on any atom is -0.310 e. The van der Waals surface area contributed by atoms with E-state index >= 15 is 0 Å². The van der Waals surface area contributed by atoms with E-state index in [4.69, 9.17) is 0 Å². The molecule has 0 aromatic heterocycles. The molecule has 0 heterocycles. The zero-order chi connectivity index (χ0) is 15.4. The molecule has 0 saturated heterocycles. The van der Waals surface area contributed by atoms with Gasteiger partial charge in [-0.3, -0.25) is 0 Å². The predicted molar refractivity (Wildman–Crippen MR) is 83.6 cm³/mol. The zero-order valence-corrected chi connectivity index (χ0v) is 13.2. The van der Waals surface area contributed by atoms with Gasteiger partial charge in [0.05, 0.1) is 0 Å². The standard InChI is InChI=1S/C17H19F2NS/c1-11(2)20-10-13-8-12(3)4-7-17(13)21-14-5-6-15(18)16(19)9-14/h4-9,11,20H,10H2,1-3H3. The van der Waals surface area contributed by atoms with Gasteiger partial charge in [-0.15, -0.1) is 0 Å². The van der Waals surface area contributed by atoms with Crippen LogP contribution in [-0.4, -0.2) is 6.04 Å². The van der Waals surface area contributed by atoms with Gasteiger partial charge in [0.15, 0.2) is 11.6 Å². The van der Waals surface area contributed by atoms with Crippen LogP contribution in [0.1, 0.15) is 25.0 Å². The summed E-state index contributed by atoms with van der Waals surface area (Å²) in [6.07, 6.45) is 0. The molecule has 2 rings (SSSR count). The Bertz CT molecular complexity index is 626. The molecular formula is C17H19F2NS. The van der Waals surface area contributed by atoms with Crippen LogP contribution in [0.5, 0.6) is 0 Å². The van der Waals surface area contributed by atoms with Crippen molar-refractivity contribution in [2.24, 2.45) is 0 Å². The van der Waals surface area contributed by atoms with Gasteiger partial charge in [0, 0.05) is 22.4 Å². The van der Waals surface area contributed by atoms with E-state index in [1.54, 1.807) is 6.07 Å². The van der Waals surface area contributed by atoms with Crippen molar-refractivity contribution < 1.29 is 8.78 Å². The lowest BCUT2D eigenvalue weighted by atomic mass is 10.1. The van der Waals surface area contributed by atoms with E-state index in [0.717, 1.165) is 17.5 Å². The fourth-order valence-electron chi connectivity index (χ4n) is 1.93. The van der Waals surface area contributed by atoms with Crippen LogP contribution in [-0.2, 0) is 6.54 Å². The second kappa shape index (κ2) is 7.05. The Balaban J connectivity index is 2.23. The van der Waals surface area contributed by atoms with Gasteiger partial charge in [-0.1, -0.05) is 43.3 Å². The molecule has 0 atom stereocenters. The number of hydrogen-bond donors (Lipinski definition) is 1. The van der Waals surface area contributed by atoms with Crippen LogP contribution in [0, 0.1) is 18.6 Å². The Morgan fingerprint density at radius 1 is 1.05 bits per heavy atom. The van der Waals surface area contributed by atoms with E-state index in [0.29, 0.717) is 10.9 Å². The van der Waals surface area contributed by atoms with Gasteiger partial charge in [-0.05, 0) is 36.8 Å². The molecule has 0 fully saturated rings. The highest BCUT2D eigenvalue weighted by atomic mass is 32.2. The Labute approximate surface area is 128 Å². The quantitative estimate of drug-likeness (QED) is 0.841. The van der Waals surface area contributed by atoms with Gasteiger partial charge in [-0.25, -0.2) is 8.78 Å². The van der Waals surface area contributed by atoms with Crippen molar-refractivity contribution in [1.82, 2.24) is 5.32 Å². The molecule has 4 heteroatoms. The predicted octanol–water partition coefficient (Wildman–Crippen LogP) is 4.92. The summed E-state index contributed by atoms with van der Waals surface area (Å²) in [7, 11) is 0. The lowest BCUT2D eigenvalue weighted by Crippen LogP contribution is -2.22. The molecular weight excluding hydrogens is 288 g/mol. The molecule has 112 valence electrons. The van der Waals surface area contributed by atoms with Crippen LogP contribution in [0.25, 0.3) is 0 Å². The second-order valence-electron chi connectivity index (χ2n) is 5.32. The fourth-order valence-corrected chi connectivity index (χ4v) is 2.88. The average molecular weight is 307 g/mol. The zero-order valence-electron chi connectivity index (χ0n) is 12.4. The third kappa shape index (κ3) is 4.55.